The summed E-state index contributed by atoms with van der Waals surface area (Å²) in [6.45, 7) is -0.0226. The minimum Gasteiger partial charge on any atom is -0.483 e. The SMILES string of the molecule is CN(C)C(=O)COc1ccc(CCCC(=O)O)cc1-c1ccccc1. The van der Waals surface area contributed by atoms with Gasteiger partial charge in [0.2, 0.25) is 0 Å². The van der Waals surface area contributed by atoms with Crippen LogP contribution in [0.2, 0.25) is 0 Å². The number of aliphatic carboxylic acids is 1. The Kier molecular flexibility index (Phi) is 6.57. The van der Waals surface area contributed by atoms with Gasteiger partial charge in [0.15, 0.2) is 6.61 Å². The van der Waals surface area contributed by atoms with Gasteiger partial charge in [-0.25, -0.2) is 0 Å². The topological polar surface area (TPSA) is 66.8 Å². The van der Waals surface area contributed by atoms with Crippen LogP contribution in [0.25, 0.3) is 11.1 Å². The molecular formula is C20H23NO4. The lowest BCUT2D eigenvalue weighted by Crippen LogP contribution is -2.27. The standard InChI is InChI=1S/C20H23NO4/c1-21(2)19(22)14-25-18-12-11-15(7-6-10-20(23)24)13-17(18)16-8-4-3-5-9-16/h3-5,8-9,11-13H,6-7,10,14H2,1-2H3,(H,23,24). The Morgan fingerprint density at radius 3 is 2.44 bits per heavy atom. The highest BCUT2D eigenvalue weighted by Crippen LogP contribution is 2.31. The first-order chi connectivity index (χ1) is 12.0. The predicted molar refractivity (Wildman–Crippen MR) is 96.6 cm³/mol. The first-order valence-corrected chi connectivity index (χ1v) is 8.20. The number of benzene rings is 2. The van der Waals surface area contributed by atoms with E-state index in [2.05, 4.69) is 0 Å². The van der Waals surface area contributed by atoms with Gasteiger partial charge in [-0.1, -0.05) is 36.4 Å². The van der Waals surface area contributed by atoms with Crippen LogP contribution in [-0.2, 0) is 16.0 Å². The molecular weight excluding hydrogens is 318 g/mol. The fraction of sp³-hybridized carbons (Fsp3) is 0.300. The molecule has 0 radical (unpaired) electrons. The normalized spacial score (nSPS) is 10.3. The van der Waals surface area contributed by atoms with Gasteiger partial charge in [0.1, 0.15) is 5.75 Å². The fourth-order valence-electron chi connectivity index (χ4n) is 2.41. The van der Waals surface area contributed by atoms with E-state index in [1.54, 1.807) is 14.1 Å². The zero-order valence-electron chi connectivity index (χ0n) is 14.6. The van der Waals surface area contributed by atoms with Gasteiger partial charge in [-0.3, -0.25) is 9.59 Å². The molecule has 0 saturated heterocycles. The number of rotatable bonds is 8. The molecule has 5 nitrogen and oxygen atoms in total. The summed E-state index contributed by atoms with van der Waals surface area (Å²) in [5, 5.41) is 8.78. The molecule has 0 aliphatic carbocycles. The monoisotopic (exact) mass is 341 g/mol. The van der Waals surface area contributed by atoms with Gasteiger partial charge in [0.25, 0.3) is 5.91 Å². The number of amides is 1. The molecule has 1 N–H and O–H groups in total. The zero-order valence-corrected chi connectivity index (χ0v) is 14.6. The van der Waals surface area contributed by atoms with E-state index in [-0.39, 0.29) is 18.9 Å². The van der Waals surface area contributed by atoms with E-state index < -0.39 is 5.97 Å². The van der Waals surface area contributed by atoms with E-state index >= 15 is 0 Å². The van der Waals surface area contributed by atoms with Gasteiger partial charge in [-0.05, 0) is 36.1 Å². The third-order valence-corrected chi connectivity index (χ3v) is 3.83. The number of hydrogen-bond acceptors (Lipinski definition) is 3. The molecule has 0 aliphatic rings. The average Bonchev–Trinajstić information content (AvgIpc) is 2.60. The first-order valence-electron chi connectivity index (χ1n) is 8.20. The van der Waals surface area contributed by atoms with E-state index in [0.29, 0.717) is 18.6 Å². The Labute approximate surface area is 147 Å². The lowest BCUT2D eigenvalue weighted by molar-refractivity contribution is -0.137. The summed E-state index contributed by atoms with van der Waals surface area (Å²) in [7, 11) is 3.38. The molecule has 0 aromatic heterocycles. The van der Waals surface area contributed by atoms with Gasteiger partial charge < -0.3 is 14.7 Å². The van der Waals surface area contributed by atoms with Crippen LogP contribution in [0.3, 0.4) is 0 Å². The second-order valence-corrected chi connectivity index (χ2v) is 6.02. The van der Waals surface area contributed by atoms with Crippen LogP contribution in [0.5, 0.6) is 5.75 Å². The van der Waals surface area contributed by atoms with Crippen LogP contribution >= 0.6 is 0 Å². The molecule has 2 aromatic carbocycles. The van der Waals surface area contributed by atoms with Crippen molar-refractivity contribution >= 4 is 11.9 Å². The van der Waals surface area contributed by atoms with Crippen molar-refractivity contribution < 1.29 is 19.4 Å². The minimum atomic E-state index is -0.787. The van der Waals surface area contributed by atoms with Crippen molar-refractivity contribution in [3.8, 4) is 16.9 Å². The number of hydrogen-bond donors (Lipinski definition) is 1. The third-order valence-electron chi connectivity index (χ3n) is 3.83. The predicted octanol–water partition coefficient (Wildman–Crippen LogP) is 3.23. The van der Waals surface area contributed by atoms with Gasteiger partial charge >= 0.3 is 5.97 Å². The zero-order chi connectivity index (χ0) is 18.2. The molecule has 0 atom stereocenters. The Morgan fingerprint density at radius 2 is 1.80 bits per heavy atom. The molecule has 0 fully saturated rings. The van der Waals surface area contributed by atoms with Crippen molar-refractivity contribution in [1.82, 2.24) is 4.90 Å². The van der Waals surface area contributed by atoms with Gasteiger partial charge in [-0.2, -0.15) is 0 Å². The van der Waals surface area contributed by atoms with Crippen molar-refractivity contribution in [1.29, 1.82) is 0 Å². The second-order valence-electron chi connectivity index (χ2n) is 6.02. The van der Waals surface area contributed by atoms with Crippen LogP contribution in [0.1, 0.15) is 18.4 Å². The van der Waals surface area contributed by atoms with E-state index in [4.69, 9.17) is 9.84 Å². The average molecular weight is 341 g/mol. The molecule has 1 amide bonds. The highest BCUT2D eigenvalue weighted by molar-refractivity contribution is 5.78. The largest absolute Gasteiger partial charge is 0.483 e. The highest BCUT2D eigenvalue weighted by Gasteiger charge is 2.11. The van der Waals surface area contributed by atoms with E-state index in [1.807, 2.05) is 48.5 Å². The summed E-state index contributed by atoms with van der Waals surface area (Å²) in [5.74, 6) is -0.252. The smallest absolute Gasteiger partial charge is 0.303 e. The summed E-state index contributed by atoms with van der Waals surface area (Å²) in [4.78, 5) is 24.0. The van der Waals surface area contributed by atoms with E-state index in [0.717, 1.165) is 16.7 Å². The minimum absolute atomic E-state index is 0.0226. The maximum Gasteiger partial charge on any atom is 0.303 e. The molecule has 2 aromatic rings. The maximum atomic E-state index is 11.8. The van der Waals surface area contributed by atoms with Gasteiger partial charge in [-0.15, -0.1) is 0 Å². The number of likely N-dealkylation sites (N-methyl/N-ethyl adjacent to an activating group) is 1. The molecule has 0 saturated carbocycles. The first kappa shape index (κ1) is 18.5. The number of carbonyl (C=O) groups excluding carboxylic acids is 1. The summed E-state index contributed by atoms with van der Waals surface area (Å²) < 4.78 is 5.73. The van der Waals surface area contributed by atoms with E-state index in [9.17, 15) is 9.59 Å². The summed E-state index contributed by atoms with van der Waals surface area (Å²) in [6.07, 6.45) is 1.42. The number of nitrogens with zero attached hydrogens (tertiary/aromatic N) is 1. The van der Waals surface area contributed by atoms with Crippen molar-refractivity contribution in [2.75, 3.05) is 20.7 Å². The second kappa shape index (κ2) is 8.87. The Balaban J connectivity index is 2.22. The van der Waals surface area contributed by atoms with Gasteiger partial charge in [0, 0.05) is 26.1 Å². The molecule has 0 unspecified atom stereocenters. The summed E-state index contributed by atoms with van der Waals surface area (Å²) >= 11 is 0. The molecule has 0 aliphatic heterocycles. The third kappa shape index (κ3) is 5.64. The lowest BCUT2D eigenvalue weighted by Gasteiger charge is -2.15. The number of carboxylic acid groups (broad SMARTS) is 1. The van der Waals surface area contributed by atoms with Crippen molar-refractivity contribution in [2.24, 2.45) is 0 Å². The Hall–Kier alpha value is -2.82. The fourth-order valence-corrected chi connectivity index (χ4v) is 2.41. The van der Waals surface area contributed by atoms with Crippen molar-refractivity contribution in [3.63, 3.8) is 0 Å². The molecule has 132 valence electrons. The van der Waals surface area contributed by atoms with E-state index in [1.165, 1.54) is 4.90 Å². The quantitative estimate of drug-likeness (QED) is 0.800. The Morgan fingerprint density at radius 1 is 1.08 bits per heavy atom. The van der Waals surface area contributed by atoms with Crippen LogP contribution in [0.4, 0.5) is 0 Å². The van der Waals surface area contributed by atoms with Gasteiger partial charge in [0.05, 0.1) is 0 Å². The molecule has 0 bridgehead atoms. The van der Waals surface area contributed by atoms with Crippen LogP contribution in [0.15, 0.2) is 48.5 Å². The van der Waals surface area contributed by atoms with Crippen molar-refractivity contribution in [3.05, 3.63) is 54.1 Å². The Bertz CT molecular complexity index is 726. The van der Waals surface area contributed by atoms with Crippen LogP contribution < -0.4 is 4.74 Å². The number of carboxylic acids is 1. The summed E-state index contributed by atoms with van der Waals surface area (Å²) in [5.41, 5.74) is 2.95. The maximum absolute atomic E-state index is 11.8. The van der Waals surface area contributed by atoms with Crippen LogP contribution in [-0.4, -0.2) is 42.6 Å². The number of carbonyl (C=O) groups is 2. The highest BCUT2D eigenvalue weighted by atomic mass is 16.5. The molecule has 0 heterocycles. The molecule has 5 heteroatoms. The number of aryl methyl sites for hydroxylation is 1. The molecule has 2 rings (SSSR count). The molecule has 25 heavy (non-hydrogen) atoms. The van der Waals surface area contributed by atoms with Crippen LogP contribution in [0, 0.1) is 0 Å². The number of ether oxygens (including phenoxy) is 1. The van der Waals surface area contributed by atoms with Crippen molar-refractivity contribution in [2.45, 2.75) is 19.3 Å². The molecule has 0 spiro atoms. The summed E-state index contributed by atoms with van der Waals surface area (Å²) in [6, 6.07) is 15.6. The lowest BCUT2D eigenvalue weighted by atomic mass is 9.99.